The summed E-state index contributed by atoms with van der Waals surface area (Å²) in [6, 6.07) is 10.7. The molecule has 1 aliphatic heterocycles. The quantitative estimate of drug-likeness (QED) is 0.183. The number of amides is 2. The number of nitrogens with one attached hydrogen (secondary N) is 2. The Bertz CT molecular complexity index is 1440. The Morgan fingerprint density at radius 2 is 1.63 bits per heavy atom. The molecule has 46 heavy (non-hydrogen) atoms. The first-order chi connectivity index (χ1) is 22.2. The molecule has 2 N–H and O–H groups in total. The lowest BCUT2D eigenvalue weighted by atomic mass is 10.2. The molecule has 248 valence electrons. The Morgan fingerprint density at radius 3 is 2.26 bits per heavy atom. The third-order valence-corrected chi connectivity index (χ3v) is 8.23. The van der Waals surface area contributed by atoms with E-state index in [1.54, 1.807) is 13.1 Å². The lowest BCUT2D eigenvalue weighted by Gasteiger charge is -2.35. The topological polar surface area (TPSA) is 121 Å². The number of halogens is 2. The highest BCUT2D eigenvalue weighted by atomic mass is 35.5. The summed E-state index contributed by atoms with van der Waals surface area (Å²) in [6.45, 7) is 7.36. The zero-order valence-corrected chi connectivity index (χ0v) is 28.2. The second-order valence-corrected chi connectivity index (χ2v) is 11.5. The molecular weight excluding hydrogens is 633 g/mol. The van der Waals surface area contributed by atoms with Gasteiger partial charge >= 0.3 is 6.03 Å². The van der Waals surface area contributed by atoms with Gasteiger partial charge in [0.15, 0.2) is 0 Å². The van der Waals surface area contributed by atoms with Crippen LogP contribution in [-0.4, -0.2) is 93.9 Å². The molecule has 1 fully saturated rings. The number of methoxy groups -OCH3 is 2. The van der Waals surface area contributed by atoms with Gasteiger partial charge < -0.3 is 29.7 Å². The lowest BCUT2D eigenvalue weighted by Crippen LogP contribution is -2.48. The average molecular weight is 675 g/mol. The van der Waals surface area contributed by atoms with Crippen molar-refractivity contribution >= 4 is 63.7 Å². The van der Waals surface area contributed by atoms with Gasteiger partial charge in [-0.1, -0.05) is 30.1 Å². The van der Waals surface area contributed by atoms with Gasteiger partial charge in [-0.05, 0) is 37.1 Å². The predicted octanol–water partition coefficient (Wildman–Crippen LogP) is 6.11. The van der Waals surface area contributed by atoms with Gasteiger partial charge in [-0.25, -0.2) is 14.8 Å². The number of nitrogens with zero attached hydrogens (tertiary/aromatic N) is 5. The molecule has 1 aliphatic rings. The standard InChI is InChI=1S/C32H41Cl2N7O5/c1-5-16-46-17-6-7-24(42)20-40-12-14-41(15-13-40)23-10-8-22(9-11-23)37-27-19-28(36-21-35-27)39(2)32(43)38-31-29(33)25(44-3)18-26(45-4)30(31)34/h8-11,18-19,21H,5-7,12-17,20H2,1-4H3,(H,38,43)(H,35,36,37). The summed E-state index contributed by atoms with van der Waals surface area (Å²) in [4.78, 5) is 39.9. The fourth-order valence-electron chi connectivity index (χ4n) is 4.90. The Balaban J connectivity index is 1.30. The van der Waals surface area contributed by atoms with Crippen molar-refractivity contribution in [1.29, 1.82) is 0 Å². The number of carbonyl (C=O) groups excluding carboxylic acids is 2. The van der Waals surface area contributed by atoms with Gasteiger partial charge in [0.25, 0.3) is 0 Å². The van der Waals surface area contributed by atoms with Gasteiger partial charge in [0.2, 0.25) is 0 Å². The molecule has 14 heteroatoms. The normalized spacial score (nSPS) is 13.3. The Kier molecular flexibility index (Phi) is 13.1. The number of anilines is 5. The minimum Gasteiger partial charge on any atom is -0.495 e. The van der Waals surface area contributed by atoms with Crippen molar-refractivity contribution in [1.82, 2.24) is 14.9 Å². The number of rotatable bonds is 15. The van der Waals surface area contributed by atoms with Crippen molar-refractivity contribution < 1.29 is 23.8 Å². The Labute approximate surface area is 279 Å². The van der Waals surface area contributed by atoms with Gasteiger partial charge in [-0.3, -0.25) is 14.6 Å². The number of Topliss-reactive ketones (excluding diaryl/α,β-unsaturated/α-hetero) is 1. The van der Waals surface area contributed by atoms with E-state index in [2.05, 4.69) is 49.5 Å². The van der Waals surface area contributed by atoms with Crippen molar-refractivity contribution in [3.8, 4) is 11.5 Å². The Hall–Kier alpha value is -3.84. The average Bonchev–Trinajstić information content (AvgIpc) is 3.07. The van der Waals surface area contributed by atoms with Crippen molar-refractivity contribution in [2.75, 3.05) is 87.6 Å². The number of aromatic nitrogens is 2. The lowest BCUT2D eigenvalue weighted by molar-refractivity contribution is -0.120. The first-order valence-corrected chi connectivity index (χ1v) is 15.9. The van der Waals surface area contributed by atoms with E-state index in [9.17, 15) is 9.59 Å². The van der Waals surface area contributed by atoms with Crippen LogP contribution in [0, 0.1) is 0 Å². The number of benzene rings is 2. The van der Waals surface area contributed by atoms with E-state index in [1.807, 2.05) is 12.1 Å². The molecular formula is C32H41Cl2N7O5. The van der Waals surface area contributed by atoms with Crippen LogP contribution in [0.3, 0.4) is 0 Å². The van der Waals surface area contributed by atoms with Crippen LogP contribution in [0.2, 0.25) is 10.0 Å². The number of urea groups is 1. The second-order valence-electron chi connectivity index (χ2n) is 10.7. The third-order valence-electron chi connectivity index (χ3n) is 7.48. The molecule has 2 aromatic carbocycles. The van der Waals surface area contributed by atoms with Crippen LogP contribution in [-0.2, 0) is 9.53 Å². The van der Waals surface area contributed by atoms with E-state index < -0.39 is 6.03 Å². The SMILES string of the molecule is CCCOCCCC(=O)CN1CCN(c2ccc(Nc3cc(N(C)C(=O)Nc4c(Cl)c(OC)cc(OC)c4Cl)ncn3)cc2)CC1. The third kappa shape index (κ3) is 9.35. The van der Waals surface area contributed by atoms with Gasteiger partial charge in [-0.15, -0.1) is 0 Å². The van der Waals surface area contributed by atoms with Crippen molar-refractivity contribution in [3.05, 3.63) is 52.8 Å². The van der Waals surface area contributed by atoms with E-state index in [0.29, 0.717) is 42.7 Å². The molecule has 0 bridgehead atoms. The summed E-state index contributed by atoms with van der Waals surface area (Å²) in [5.74, 6) is 1.72. The van der Waals surface area contributed by atoms with Crippen molar-refractivity contribution in [2.45, 2.75) is 26.2 Å². The molecule has 0 radical (unpaired) electrons. The predicted molar refractivity (Wildman–Crippen MR) is 183 cm³/mol. The maximum atomic E-state index is 13.1. The molecule has 2 amide bonds. The number of hydrogen-bond acceptors (Lipinski definition) is 10. The summed E-state index contributed by atoms with van der Waals surface area (Å²) in [6.07, 6.45) is 3.72. The molecule has 0 spiro atoms. The number of piperazine rings is 1. The van der Waals surface area contributed by atoms with Crippen LogP contribution in [0.1, 0.15) is 26.2 Å². The van der Waals surface area contributed by atoms with Crippen LogP contribution in [0.5, 0.6) is 11.5 Å². The highest BCUT2D eigenvalue weighted by Crippen LogP contribution is 2.44. The number of ether oxygens (including phenoxy) is 3. The van der Waals surface area contributed by atoms with Crippen LogP contribution in [0.4, 0.5) is 33.5 Å². The maximum absolute atomic E-state index is 13.1. The zero-order chi connectivity index (χ0) is 33.1. The minimum absolute atomic E-state index is 0.139. The molecule has 12 nitrogen and oxygen atoms in total. The molecule has 0 unspecified atom stereocenters. The summed E-state index contributed by atoms with van der Waals surface area (Å²) >= 11 is 12.8. The highest BCUT2D eigenvalue weighted by molar-refractivity contribution is 6.41. The number of carbonyl (C=O) groups is 2. The van der Waals surface area contributed by atoms with Crippen LogP contribution in [0.15, 0.2) is 42.7 Å². The van der Waals surface area contributed by atoms with E-state index >= 15 is 0 Å². The van der Waals surface area contributed by atoms with Gasteiger partial charge in [-0.2, -0.15) is 0 Å². The first kappa shape index (κ1) is 35.0. The van der Waals surface area contributed by atoms with Crippen LogP contribution in [0.25, 0.3) is 0 Å². The summed E-state index contributed by atoms with van der Waals surface area (Å²) in [5.41, 5.74) is 2.09. The Morgan fingerprint density at radius 1 is 0.957 bits per heavy atom. The molecule has 3 aromatic rings. The maximum Gasteiger partial charge on any atom is 0.327 e. The van der Waals surface area contributed by atoms with Crippen LogP contribution >= 0.6 is 23.2 Å². The molecule has 0 saturated carbocycles. The van der Waals surface area contributed by atoms with Gasteiger partial charge in [0, 0.05) is 76.4 Å². The molecule has 0 atom stereocenters. The van der Waals surface area contributed by atoms with E-state index in [1.165, 1.54) is 31.5 Å². The number of hydrogen-bond donors (Lipinski definition) is 2. The van der Waals surface area contributed by atoms with E-state index in [0.717, 1.165) is 57.0 Å². The minimum atomic E-state index is -0.533. The zero-order valence-electron chi connectivity index (χ0n) is 26.6. The molecule has 1 saturated heterocycles. The van der Waals surface area contributed by atoms with Crippen LogP contribution < -0.4 is 29.9 Å². The van der Waals surface area contributed by atoms with Gasteiger partial charge in [0.1, 0.15) is 45.3 Å². The summed E-state index contributed by atoms with van der Waals surface area (Å²) in [5, 5.41) is 6.25. The second kappa shape index (κ2) is 17.2. The largest absolute Gasteiger partial charge is 0.495 e. The van der Waals surface area contributed by atoms with E-state index in [4.69, 9.17) is 37.4 Å². The summed E-state index contributed by atoms with van der Waals surface area (Å²) in [7, 11) is 4.47. The molecule has 2 heterocycles. The molecule has 1 aromatic heterocycles. The highest BCUT2D eigenvalue weighted by Gasteiger charge is 2.22. The smallest absolute Gasteiger partial charge is 0.327 e. The van der Waals surface area contributed by atoms with Gasteiger partial charge in [0.05, 0.1) is 26.5 Å². The van der Waals surface area contributed by atoms with Crippen molar-refractivity contribution in [2.24, 2.45) is 0 Å². The fourth-order valence-corrected chi connectivity index (χ4v) is 5.50. The molecule has 4 rings (SSSR count). The summed E-state index contributed by atoms with van der Waals surface area (Å²) < 4.78 is 16.0. The first-order valence-electron chi connectivity index (χ1n) is 15.1. The molecule has 0 aliphatic carbocycles. The van der Waals surface area contributed by atoms with E-state index in [-0.39, 0.29) is 21.5 Å². The van der Waals surface area contributed by atoms with Crippen molar-refractivity contribution in [3.63, 3.8) is 0 Å². The number of ketones is 1. The monoisotopic (exact) mass is 673 g/mol. The fraction of sp³-hybridized carbons (Fsp3) is 0.438.